The first-order valence-corrected chi connectivity index (χ1v) is 12.4. The number of benzene rings is 3. The molecule has 9 nitrogen and oxygen atoms in total. The van der Waals surface area contributed by atoms with Crippen LogP contribution in [0.5, 0.6) is 5.75 Å². The van der Waals surface area contributed by atoms with Gasteiger partial charge in [-0.2, -0.15) is 15.0 Å². The Labute approximate surface area is 213 Å². The minimum Gasteiger partial charge on any atom is -0.375 e. The molecule has 2 N–H and O–H groups in total. The van der Waals surface area contributed by atoms with E-state index in [1.165, 1.54) is 11.1 Å². The van der Waals surface area contributed by atoms with E-state index in [1.54, 1.807) is 4.73 Å². The first-order valence-electron chi connectivity index (χ1n) is 12.4. The number of nitrogens with one attached hydrogen (secondary N) is 2. The lowest BCUT2D eigenvalue weighted by molar-refractivity contribution is 0.229. The number of fused-ring (bicyclic) bond motifs is 1. The second kappa shape index (κ2) is 10.4. The summed E-state index contributed by atoms with van der Waals surface area (Å²) < 4.78 is 1.77. The highest BCUT2D eigenvalue weighted by Crippen LogP contribution is 2.24. The normalized spacial score (nSPS) is 11.2. The van der Waals surface area contributed by atoms with E-state index in [0.29, 0.717) is 12.2 Å². The van der Waals surface area contributed by atoms with Crippen molar-refractivity contribution in [1.82, 2.24) is 40.5 Å². The average molecular weight is 491 g/mol. The lowest BCUT2D eigenvalue weighted by Gasteiger charge is -2.08. The van der Waals surface area contributed by atoms with Crippen LogP contribution in [0.1, 0.15) is 35.6 Å². The van der Waals surface area contributed by atoms with E-state index in [0.717, 1.165) is 59.5 Å². The fourth-order valence-corrected chi connectivity index (χ4v) is 4.44. The molecule has 0 unspecified atom stereocenters. The molecule has 0 atom stereocenters. The van der Waals surface area contributed by atoms with Crippen LogP contribution in [0.3, 0.4) is 0 Å². The summed E-state index contributed by atoms with van der Waals surface area (Å²) >= 11 is 0. The summed E-state index contributed by atoms with van der Waals surface area (Å²) in [6, 6.07) is 26.6. The minimum absolute atomic E-state index is 0.649. The van der Waals surface area contributed by atoms with Crippen LogP contribution >= 0.6 is 0 Å². The minimum atomic E-state index is 0.649. The van der Waals surface area contributed by atoms with Gasteiger partial charge in [-0.05, 0) is 54.7 Å². The number of rotatable bonds is 10. The Morgan fingerprint density at radius 3 is 2.65 bits per heavy atom. The van der Waals surface area contributed by atoms with Gasteiger partial charge in [-0.1, -0.05) is 59.8 Å². The number of tetrazole rings is 1. The van der Waals surface area contributed by atoms with E-state index < -0.39 is 0 Å². The number of hydrogen-bond donors (Lipinski definition) is 2. The topological polar surface area (TPSA) is 110 Å². The fraction of sp³-hybridized carbons (Fsp3) is 0.179. The summed E-state index contributed by atoms with van der Waals surface area (Å²) in [4.78, 5) is 10.9. The summed E-state index contributed by atoms with van der Waals surface area (Å²) in [5.74, 6) is 2.96. The molecule has 0 saturated heterocycles. The van der Waals surface area contributed by atoms with E-state index in [4.69, 9.17) is 9.82 Å². The molecular weight excluding hydrogens is 464 g/mol. The molecular formula is C28H26N8O. The number of hydrogen-bond acceptors (Lipinski definition) is 6. The van der Waals surface area contributed by atoms with Crippen molar-refractivity contribution in [2.45, 2.75) is 32.1 Å². The van der Waals surface area contributed by atoms with Gasteiger partial charge >= 0.3 is 0 Å². The third-order valence-electron chi connectivity index (χ3n) is 6.26. The van der Waals surface area contributed by atoms with Crippen molar-refractivity contribution in [3.05, 3.63) is 108 Å². The van der Waals surface area contributed by atoms with E-state index in [9.17, 15) is 0 Å². The van der Waals surface area contributed by atoms with Crippen molar-refractivity contribution in [2.24, 2.45) is 0 Å². The predicted molar refractivity (Wildman–Crippen MR) is 140 cm³/mol. The van der Waals surface area contributed by atoms with Gasteiger partial charge in [0.1, 0.15) is 5.82 Å². The van der Waals surface area contributed by atoms with Crippen molar-refractivity contribution in [1.29, 1.82) is 0 Å². The van der Waals surface area contributed by atoms with Crippen LogP contribution in [0, 0.1) is 0 Å². The Balaban J connectivity index is 1.09. The highest BCUT2D eigenvalue weighted by atomic mass is 16.7. The van der Waals surface area contributed by atoms with Crippen molar-refractivity contribution < 1.29 is 4.84 Å². The van der Waals surface area contributed by atoms with Gasteiger partial charge in [-0.3, -0.25) is 5.10 Å². The number of nitrogens with zero attached hydrogens (tertiary/aromatic N) is 6. The van der Waals surface area contributed by atoms with Gasteiger partial charge < -0.3 is 4.84 Å². The molecule has 0 amide bonds. The van der Waals surface area contributed by atoms with Crippen LogP contribution in [-0.4, -0.2) is 40.5 Å². The molecule has 9 heteroatoms. The highest BCUT2D eigenvalue weighted by Gasteiger charge is 2.10. The molecule has 0 aliphatic carbocycles. The molecule has 0 saturated carbocycles. The van der Waals surface area contributed by atoms with Crippen LogP contribution < -0.4 is 4.84 Å². The van der Waals surface area contributed by atoms with Gasteiger partial charge in [0.2, 0.25) is 0 Å². The third kappa shape index (κ3) is 5.40. The van der Waals surface area contributed by atoms with Crippen LogP contribution in [0.15, 0.2) is 85.1 Å². The smallest absolute Gasteiger partial charge is 0.181 e. The Morgan fingerprint density at radius 1 is 0.811 bits per heavy atom. The second-order valence-electron chi connectivity index (χ2n) is 8.96. The van der Waals surface area contributed by atoms with Crippen molar-refractivity contribution >= 4 is 10.9 Å². The molecule has 3 aromatic carbocycles. The number of aryl methyl sites for hydroxylation is 2. The van der Waals surface area contributed by atoms with Gasteiger partial charge in [-0.15, -0.1) is 10.2 Å². The van der Waals surface area contributed by atoms with Gasteiger partial charge in [0.15, 0.2) is 17.4 Å². The molecule has 0 aliphatic rings. The lowest BCUT2D eigenvalue weighted by atomic mass is 10.0. The molecule has 0 bridgehead atoms. The Hall–Kier alpha value is -4.79. The maximum atomic E-state index is 6.11. The first kappa shape index (κ1) is 22.7. The molecule has 3 heterocycles. The van der Waals surface area contributed by atoms with E-state index in [2.05, 4.69) is 61.2 Å². The van der Waals surface area contributed by atoms with Crippen LogP contribution in [0.2, 0.25) is 0 Å². The maximum Gasteiger partial charge on any atom is 0.181 e. The molecule has 6 aromatic rings. The Bertz CT molecular complexity index is 1600. The molecule has 37 heavy (non-hydrogen) atoms. The lowest BCUT2D eigenvalue weighted by Crippen LogP contribution is -2.02. The van der Waals surface area contributed by atoms with Crippen LogP contribution in [0.4, 0.5) is 0 Å². The molecule has 3 aromatic heterocycles. The van der Waals surface area contributed by atoms with Gasteiger partial charge in [0.05, 0.1) is 5.52 Å². The summed E-state index contributed by atoms with van der Waals surface area (Å²) in [5, 5.41) is 22.8. The maximum absolute atomic E-state index is 6.11. The summed E-state index contributed by atoms with van der Waals surface area (Å²) in [6.45, 7) is 0. The summed E-state index contributed by atoms with van der Waals surface area (Å²) in [6.07, 6.45) is 6.56. The first-order chi connectivity index (χ1) is 18.3. The quantitative estimate of drug-likeness (QED) is 0.263. The number of aromatic amines is 2. The van der Waals surface area contributed by atoms with Crippen molar-refractivity contribution in [3.8, 4) is 17.1 Å². The van der Waals surface area contributed by atoms with E-state index >= 15 is 0 Å². The molecule has 0 fully saturated rings. The van der Waals surface area contributed by atoms with Gasteiger partial charge in [0, 0.05) is 30.0 Å². The molecule has 0 aliphatic heterocycles. The van der Waals surface area contributed by atoms with Crippen LogP contribution in [-0.2, 0) is 19.3 Å². The van der Waals surface area contributed by atoms with E-state index in [-0.39, 0.29) is 0 Å². The van der Waals surface area contributed by atoms with Crippen molar-refractivity contribution in [2.75, 3.05) is 0 Å². The molecule has 184 valence electrons. The van der Waals surface area contributed by atoms with Crippen LogP contribution in [0.25, 0.3) is 22.3 Å². The second-order valence-corrected chi connectivity index (χ2v) is 8.96. The zero-order valence-corrected chi connectivity index (χ0v) is 20.2. The molecule has 0 radical (unpaired) electrons. The summed E-state index contributed by atoms with van der Waals surface area (Å²) in [5.41, 5.74) is 4.43. The Morgan fingerprint density at radius 2 is 1.70 bits per heavy atom. The third-order valence-corrected chi connectivity index (χ3v) is 6.26. The SMILES string of the molecule is c1cc(CCCCc2nn[nH]n2)cc(Cc2nc(-c3cccc(On4ccc5ccccc54)c3)n[nH]2)c1. The van der Waals surface area contributed by atoms with Gasteiger partial charge in [-0.25, -0.2) is 4.98 Å². The molecule has 0 spiro atoms. The highest BCUT2D eigenvalue weighted by molar-refractivity contribution is 5.79. The zero-order chi connectivity index (χ0) is 24.9. The van der Waals surface area contributed by atoms with E-state index in [1.807, 2.05) is 54.7 Å². The number of para-hydroxylation sites is 1. The molecule has 6 rings (SSSR count). The number of unbranched alkanes of at least 4 members (excludes halogenated alkanes) is 1. The average Bonchev–Trinajstić information content (AvgIpc) is 3.70. The largest absolute Gasteiger partial charge is 0.375 e. The Kier molecular flexibility index (Phi) is 6.40. The fourth-order valence-electron chi connectivity index (χ4n) is 4.44. The summed E-state index contributed by atoms with van der Waals surface area (Å²) in [7, 11) is 0. The predicted octanol–water partition coefficient (Wildman–Crippen LogP) is 4.94. The number of aromatic nitrogens is 8. The number of H-pyrrole nitrogens is 2. The zero-order valence-electron chi connectivity index (χ0n) is 20.2. The standard InChI is InChI=1S/C28H26N8O/c1(4-14-26-31-34-35-32-26)7-20-8-5-9-21(17-20)18-27-29-28(33-30-27)23-11-6-12-24(19-23)37-36-16-15-22-10-2-3-13-25(22)36/h2-3,5-6,8-13,15-17,19H,1,4,7,14,18H2,(H,29,30,33)(H,31,32,34,35). The van der Waals surface area contributed by atoms with Crippen molar-refractivity contribution in [3.63, 3.8) is 0 Å². The van der Waals surface area contributed by atoms with Gasteiger partial charge in [0.25, 0.3) is 0 Å². The monoisotopic (exact) mass is 490 g/mol.